The minimum absolute atomic E-state index is 0.0316. The Morgan fingerprint density at radius 1 is 1.45 bits per heavy atom. The maximum Gasteiger partial charge on any atom is 0.242 e. The van der Waals surface area contributed by atoms with E-state index in [9.17, 15) is 4.79 Å². The van der Waals surface area contributed by atoms with Gasteiger partial charge in [0.2, 0.25) is 11.9 Å². The number of ether oxygens (including phenoxy) is 1. The van der Waals surface area contributed by atoms with Crippen molar-refractivity contribution in [2.75, 3.05) is 26.4 Å². The van der Waals surface area contributed by atoms with Crippen LogP contribution in [0.15, 0.2) is 18.2 Å². The molecule has 6 heteroatoms. The summed E-state index contributed by atoms with van der Waals surface area (Å²) in [6, 6.07) is 5.63. The van der Waals surface area contributed by atoms with Crippen LogP contribution in [0.5, 0.6) is 5.75 Å². The van der Waals surface area contributed by atoms with E-state index in [1.54, 1.807) is 18.7 Å². The third-order valence-electron chi connectivity index (χ3n) is 3.03. The molecule has 0 aliphatic rings. The summed E-state index contributed by atoms with van der Waals surface area (Å²) < 4.78 is 7.37. The molecule has 0 aliphatic carbocycles. The number of imidazole rings is 1. The number of nitrogen functional groups attached to an aromatic ring is 1. The molecule has 0 aliphatic heterocycles. The summed E-state index contributed by atoms with van der Waals surface area (Å²) in [5, 5.41) is 0. The van der Waals surface area contributed by atoms with Gasteiger partial charge in [-0.25, -0.2) is 4.98 Å². The maximum absolute atomic E-state index is 11.9. The maximum atomic E-state index is 11.9. The third kappa shape index (κ3) is 2.68. The first-order chi connectivity index (χ1) is 9.54. The van der Waals surface area contributed by atoms with Crippen LogP contribution in [0, 0.1) is 0 Å². The number of amides is 1. The van der Waals surface area contributed by atoms with Gasteiger partial charge in [-0.3, -0.25) is 4.79 Å². The summed E-state index contributed by atoms with van der Waals surface area (Å²) in [5.41, 5.74) is 7.44. The van der Waals surface area contributed by atoms with Crippen molar-refractivity contribution in [3.8, 4) is 5.75 Å². The highest BCUT2D eigenvalue weighted by atomic mass is 16.5. The Morgan fingerprint density at radius 3 is 2.85 bits per heavy atom. The first kappa shape index (κ1) is 14.2. The highest BCUT2D eigenvalue weighted by Crippen LogP contribution is 2.27. The van der Waals surface area contributed by atoms with Crippen LogP contribution >= 0.6 is 0 Å². The van der Waals surface area contributed by atoms with Crippen LogP contribution in [0.3, 0.4) is 0 Å². The van der Waals surface area contributed by atoms with Gasteiger partial charge in [-0.1, -0.05) is 13.0 Å². The zero-order valence-electron chi connectivity index (χ0n) is 12.1. The number of carbonyl (C=O) groups is 1. The molecular formula is C14H20N4O2. The van der Waals surface area contributed by atoms with Gasteiger partial charge in [0.1, 0.15) is 17.8 Å². The number of rotatable bonds is 5. The summed E-state index contributed by atoms with van der Waals surface area (Å²) in [4.78, 5) is 17.7. The zero-order chi connectivity index (χ0) is 14.7. The van der Waals surface area contributed by atoms with Gasteiger partial charge in [-0.15, -0.1) is 0 Å². The van der Waals surface area contributed by atoms with E-state index in [-0.39, 0.29) is 12.5 Å². The highest BCUT2D eigenvalue weighted by Gasteiger charge is 2.15. The molecule has 2 aromatic rings. The van der Waals surface area contributed by atoms with Gasteiger partial charge in [0.25, 0.3) is 0 Å². The molecule has 1 amide bonds. The Bertz CT molecular complexity index is 619. The lowest BCUT2D eigenvalue weighted by atomic mass is 10.3. The zero-order valence-corrected chi connectivity index (χ0v) is 12.1. The summed E-state index contributed by atoms with van der Waals surface area (Å²) in [6.07, 6.45) is 0.922. The number of nitrogens with two attached hydrogens (primary N) is 1. The molecule has 1 aromatic heterocycles. The van der Waals surface area contributed by atoms with Crippen molar-refractivity contribution >= 4 is 22.9 Å². The molecule has 108 valence electrons. The molecule has 1 heterocycles. The van der Waals surface area contributed by atoms with Gasteiger partial charge < -0.3 is 19.9 Å². The van der Waals surface area contributed by atoms with E-state index in [1.165, 1.54) is 4.90 Å². The van der Waals surface area contributed by atoms with Gasteiger partial charge in [0.15, 0.2) is 0 Å². The van der Waals surface area contributed by atoms with Crippen molar-refractivity contribution in [1.82, 2.24) is 14.5 Å². The highest BCUT2D eigenvalue weighted by molar-refractivity contribution is 5.86. The van der Waals surface area contributed by atoms with Crippen LogP contribution < -0.4 is 10.5 Å². The van der Waals surface area contributed by atoms with E-state index in [0.717, 1.165) is 11.9 Å². The van der Waals surface area contributed by atoms with E-state index < -0.39 is 0 Å². The third-order valence-corrected chi connectivity index (χ3v) is 3.03. The van der Waals surface area contributed by atoms with E-state index in [1.807, 2.05) is 25.1 Å². The largest absolute Gasteiger partial charge is 0.491 e. The second-order valence-corrected chi connectivity index (χ2v) is 4.82. The molecule has 1 aromatic carbocycles. The molecule has 0 saturated heterocycles. The first-order valence-electron chi connectivity index (χ1n) is 6.62. The molecule has 6 nitrogen and oxygen atoms in total. The van der Waals surface area contributed by atoms with Crippen molar-refractivity contribution in [2.24, 2.45) is 0 Å². The Balaban J connectivity index is 2.41. The smallest absolute Gasteiger partial charge is 0.242 e. The average Bonchev–Trinajstić information content (AvgIpc) is 2.73. The fraction of sp³-hybridized carbons (Fsp3) is 0.429. The van der Waals surface area contributed by atoms with Crippen molar-refractivity contribution in [1.29, 1.82) is 0 Å². The Labute approximate surface area is 118 Å². The number of anilines is 1. The van der Waals surface area contributed by atoms with Crippen molar-refractivity contribution < 1.29 is 9.53 Å². The molecular weight excluding hydrogens is 256 g/mol. The molecule has 2 rings (SSSR count). The fourth-order valence-electron chi connectivity index (χ4n) is 1.91. The van der Waals surface area contributed by atoms with Gasteiger partial charge in [-0.05, 0) is 18.6 Å². The lowest BCUT2D eigenvalue weighted by Crippen LogP contribution is -2.26. The number of fused-ring (bicyclic) bond motifs is 1. The summed E-state index contributed by atoms with van der Waals surface area (Å²) in [7, 11) is 3.43. The van der Waals surface area contributed by atoms with Crippen LogP contribution in [0.4, 0.5) is 5.95 Å². The first-order valence-corrected chi connectivity index (χ1v) is 6.62. The van der Waals surface area contributed by atoms with Crippen molar-refractivity contribution in [3.05, 3.63) is 18.2 Å². The number of hydrogen-bond donors (Lipinski definition) is 1. The minimum atomic E-state index is -0.0316. The van der Waals surface area contributed by atoms with Gasteiger partial charge in [0.05, 0.1) is 12.1 Å². The molecule has 20 heavy (non-hydrogen) atoms. The lowest BCUT2D eigenvalue weighted by molar-refractivity contribution is -0.129. The predicted molar refractivity (Wildman–Crippen MR) is 78.6 cm³/mol. The van der Waals surface area contributed by atoms with E-state index >= 15 is 0 Å². The predicted octanol–water partition coefficient (Wildman–Crippen LogP) is 1.50. The monoisotopic (exact) mass is 276 g/mol. The Kier molecular flexibility index (Phi) is 4.12. The topological polar surface area (TPSA) is 73.4 Å². The fourth-order valence-corrected chi connectivity index (χ4v) is 1.91. The Morgan fingerprint density at radius 2 is 2.20 bits per heavy atom. The van der Waals surface area contributed by atoms with E-state index in [2.05, 4.69) is 4.98 Å². The van der Waals surface area contributed by atoms with Crippen molar-refractivity contribution in [2.45, 2.75) is 19.9 Å². The van der Waals surface area contributed by atoms with Crippen LogP contribution in [-0.4, -0.2) is 41.1 Å². The van der Waals surface area contributed by atoms with Crippen LogP contribution in [0.25, 0.3) is 11.0 Å². The molecule has 2 N–H and O–H groups in total. The number of aromatic nitrogens is 2. The number of likely N-dealkylation sites (N-methyl/N-ethyl adjacent to an activating group) is 1. The molecule has 0 bridgehead atoms. The summed E-state index contributed by atoms with van der Waals surface area (Å²) in [6.45, 7) is 2.85. The molecule has 0 spiro atoms. The molecule has 0 fully saturated rings. The molecule has 0 radical (unpaired) electrons. The SMILES string of the molecule is CCCOc1cccc2c1nc(N)n2CC(=O)N(C)C. The second-order valence-electron chi connectivity index (χ2n) is 4.82. The minimum Gasteiger partial charge on any atom is -0.491 e. The number of benzene rings is 1. The number of carbonyl (C=O) groups excluding carboxylic acids is 1. The average molecular weight is 276 g/mol. The normalized spacial score (nSPS) is 10.8. The standard InChI is InChI=1S/C14H20N4O2/c1-4-8-20-11-7-5-6-10-13(11)16-14(15)18(10)9-12(19)17(2)3/h5-7H,4,8-9H2,1-3H3,(H2,15,16). The van der Waals surface area contributed by atoms with Crippen molar-refractivity contribution in [3.63, 3.8) is 0 Å². The molecule has 0 saturated carbocycles. The summed E-state index contributed by atoms with van der Waals surface area (Å²) >= 11 is 0. The van der Waals surface area contributed by atoms with E-state index in [0.29, 0.717) is 23.8 Å². The van der Waals surface area contributed by atoms with Crippen LogP contribution in [-0.2, 0) is 11.3 Å². The quantitative estimate of drug-likeness (QED) is 0.898. The van der Waals surface area contributed by atoms with Gasteiger partial charge in [0, 0.05) is 14.1 Å². The molecule has 0 atom stereocenters. The molecule has 0 unspecified atom stereocenters. The van der Waals surface area contributed by atoms with Gasteiger partial charge >= 0.3 is 0 Å². The Hall–Kier alpha value is -2.24. The van der Waals surface area contributed by atoms with Gasteiger partial charge in [-0.2, -0.15) is 0 Å². The lowest BCUT2D eigenvalue weighted by Gasteiger charge is -2.12. The van der Waals surface area contributed by atoms with Crippen LogP contribution in [0.1, 0.15) is 13.3 Å². The summed E-state index contributed by atoms with van der Waals surface area (Å²) in [5.74, 6) is 0.991. The number of para-hydroxylation sites is 1. The number of hydrogen-bond acceptors (Lipinski definition) is 4. The van der Waals surface area contributed by atoms with Crippen LogP contribution in [0.2, 0.25) is 0 Å². The number of nitrogens with zero attached hydrogens (tertiary/aromatic N) is 3. The van der Waals surface area contributed by atoms with E-state index in [4.69, 9.17) is 10.5 Å². The second kappa shape index (κ2) is 5.81.